The first-order valence-electron chi connectivity index (χ1n) is 9.59. The number of ether oxygens (including phenoxy) is 1. The molecule has 142 valence electrons. The van der Waals surface area contributed by atoms with Crippen LogP contribution in [0, 0.1) is 11.8 Å². The molecule has 0 aliphatic carbocycles. The number of methoxy groups -OCH3 is 1. The third-order valence-electron chi connectivity index (χ3n) is 5.53. The molecule has 2 fully saturated rings. The first kappa shape index (κ1) is 18.7. The van der Waals surface area contributed by atoms with E-state index >= 15 is 0 Å². The average molecular weight is 359 g/mol. The zero-order chi connectivity index (χ0) is 18.5. The lowest BCUT2D eigenvalue weighted by Gasteiger charge is -2.31. The number of anilines is 1. The number of likely N-dealkylation sites (tertiary alicyclic amines) is 1. The summed E-state index contributed by atoms with van der Waals surface area (Å²) < 4.78 is 5.38. The van der Waals surface area contributed by atoms with Gasteiger partial charge in [-0.1, -0.05) is 19.8 Å². The summed E-state index contributed by atoms with van der Waals surface area (Å²) in [5.74, 6) is 0.856. The van der Waals surface area contributed by atoms with Gasteiger partial charge in [-0.15, -0.1) is 0 Å². The molecule has 0 radical (unpaired) electrons. The van der Waals surface area contributed by atoms with E-state index in [1.165, 1.54) is 12.8 Å². The van der Waals surface area contributed by atoms with E-state index in [9.17, 15) is 9.59 Å². The van der Waals surface area contributed by atoms with Gasteiger partial charge in [-0.05, 0) is 50.0 Å². The number of rotatable bonds is 5. The van der Waals surface area contributed by atoms with Crippen molar-refractivity contribution in [3.63, 3.8) is 0 Å². The summed E-state index contributed by atoms with van der Waals surface area (Å²) in [6.07, 6.45) is 4.47. The fourth-order valence-corrected chi connectivity index (χ4v) is 3.52. The molecule has 1 aromatic rings. The zero-order valence-corrected chi connectivity index (χ0v) is 15.7. The van der Waals surface area contributed by atoms with E-state index in [1.807, 2.05) is 11.8 Å². The van der Waals surface area contributed by atoms with Crippen LogP contribution in [0.15, 0.2) is 18.2 Å². The molecule has 2 amide bonds. The summed E-state index contributed by atoms with van der Waals surface area (Å²) in [6, 6.07) is 5.28. The van der Waals surface area contributed by atoms with Gasteiger partial charge in [0.05, 0.1) is 12.8 Å². The van der Waals surface area contributed by atoms with E-state index in [4.69, 9.17) is 4.74 Å². The Hall–Kier alpha value is -2.08. The van der Waals surface area contributed by atoms with E-state index in [0.717, 1.165) is 39.0 Å². The molecule has 1 atom stereocenters. The van der Waals surface area contributed by atoms with Crippen LogP contribution in [0.5, 0.6) is 5.75 Å². The number of nitrogens with zero attached hydrogens (tertiary/aromatic N) is 1. The van der Waals surface area contributed by atoms with Gasteiger partial charge in [-0.25, -0.2) is 0 Å². The van der Waals surface area contributed by atoms with Crippen molar-refractivity contribution in [1.29, 1.82) is 0 Å². The second-order valence-electron chi connectivity index (χ2n) is 7.32. The van der Waals surface area contributed by atoms with Crippen molar-refractivity contribution in [1.82, 2.24) is 10.2 Å². The highest BCUT2D eigenvalue weighted by Gasteiger charge is 2.29. The van der Waals surface area contributed by atoms with Crippen LogP contribution in [0.2, 0.25) is 0 Å². The standard InChI is InChI=1S/C20H29N3O3/c1-14(16-12-21-13-16)19(24)22-17-11-15(7-8-18(17)26-2)20(25)23-9-5-3-4-6-10-23/h7-8,11,14,16,21H,3-6,9-10,12-13H2,1-2H3,(H,22,24). The van der Waals surface area contributed by atoms with Crippen molar-refractivity contribution >= 4 is 17.5 Å². The van der Waals surface area contributed by atoms with Gasteiger partial charge in [-0.2, -0.15) is 0 Å². The average Bonchev–Trinajstić information content (AvgIpc) is 2.88. The van der Waals surface area contributed by atoms with E-state index in [1.54, 1.807) is 25.3 Å². The highest BCUT2D eigenvalue weighted by Crippen LogP contribution is 2.28. The summed E-state index contributed by atoms with van der Waals surface area (Å²) >= 11 is 0. The number of carbonyl (C=O) groups is 2. The summed E-state index contributed by atoms with van der Waals surface area (Å²) in [7, 11) is 1.57. The van der Waals surface area contributed by atoms with Crippen LogP contribution in [0.3, 0.4) is 0 Å². The van der Waals surface area contributed by atoms with E-state index in [-0.39, 0.29) is 17.7 Å². The molecule has 6 heteroatoms. The van der Waals surface area contributed by atoms with Crippen molar-refractivity contribution in [2.75, 3.05) is 38.6 Å². The van der Waals surface area contributed by atoms with E-state index in [0.29, 0.717) is 22.9 Å². The lowest BCUT2D eigenvalue weighted by molar-refractivity contribution is -0.121. The van der Waals surface area contributed by atoms with Gasteiger partial charge in [0, 0.05) is 24.6 Å². The molecule has 0 saturated carbocycles. The first-order chi connectivity index (χ1) is 12.6. The van der Waals surface area contributed by atoms with Crippen LogP contribution in [-0.4, -0.2) is 50.0 Å². The Morgan fingerprint density at radius 3 is 2.46 bits per heavy atom. The Balaban J connectivity index is 1.74. The largest absolute Gasteiger partial charge is 0.495 e. The number of hydrogen-bond donors (Lipinski definition) is 2. The minimum atomic E-state index is -0.0779. The van der Waals surface area contributed by atoms with Gasteiger partial charge in [0.2, 0.25) is 5.91 Å². The Morgan fingerprint density at radius 1 is 1.19 bits per heavy atom. The van der Waals surface area contributed by atoms with Crippen LogP contribution in [0.1, 0.15) is 43.0 Å². The smallest absolute Gasteiger partial charge is 0.253 e. The van der Waals surface area contributed by atoms with Crippen molar-refractivity contribution in [2.24, 2.45) is 11.8 Å². The van der Waals surface area contributed by atoms with Crippen LogP contribution >= 0.6 is 0 Å². The molecule has 2 saturated heterocycles. The van der Waals surface area contributed by atoms with Gasteiger partial charge < -0.3 is 20.3 Å². The number of hydrogen-bond acceptors (Lipinski definition) is 4. The van der Waals surface area contributed by atoms with Gasteiger partial charge in [0.1, 0.15) is 5.75 Å². The molecule has 26 heavy (non-hydrogen) atoms. The summed E-state index contributed by atoms with van der Waals surface area (Å²) in [5, 5.41) is 6.15. The molecule has 2 aliphatic rings. The Bertz CT molecular complexity index is 650. The lowest BCUT2D eigenvalue weighted by atomic mass is 9.88. The third-order valence-corrected chi connectivity index (χ3v) is 5.53. The molecular weight excluding hydrogens is 330 g/mol. The van der Waals surface area contributed by atoms with Crippen molar-refractivity contribution in [2.45, 2.75) is 32.6 Å². The van der Waals surface area contributed by atoms with Crippen molar-refractivity contribution < 1.29 is 14.3 Å². The predicted octanol–water partition coefficient (Wildman–Crippen LogP) is 2.51. The first-order valence-corrected chi connectivity index (χ1v) is 9.59. The normalized spacial score (nSPS) is 19.2. The second kappa shape index (κ2) is 8.54. The van der Waals surface area contributed by atoms with E-state index in [2.05, 4.69) is 10.6 Å². The van der Waals surface area contributed by atoms with E-state index < -0.39 is 0 Å². The second-order valence-corrected chi connectivity index (χ2v) is 7.32. The molecule has 2 heterocycles. The number of benzene rings is 1. The maximum Gasteiger partial charge on any atom is 0.253 e. The highest BCUT2D eigenvalue weighted by atomic mass is 16.5. The van der Waals surface area contributed by atoms with Gasteiger partial charge in [0.15, 0.2) is 0 Å². The van der Waals surface area contributed by atoms with Crippen molar-refractivity contribution in [3.05, 3.63) is 23.8 Å². The molecule has 3 rings (SSSR count). The van der Waals surface area contributed by atoms with Crippen molar-refractivity contribution in [3.8, 4) is 5.75 Å². The van der Waals surface area contributed by atoms with Crippen LogP contribution in [-0.2, 0) is 4.79 Å². The summed E-state index contributed by atoms with van der Waals surface area (Å²) in [4.78, 5) is 27.3. The quantitative estimate of drug-likeness (QED) is 0.847. The monoisotopic (exact) mass is 359 g/mol. The number of amides is 2. The predicted molar refractivity (Wildman–Crippen MR) is 102 cm³/mol. The van der Waals surface area contributed by atoms with Crippen LogP contribution in [0.4, 0.5) is 5.69 Å². The molecule has 0 aromatic heterocycles. The van der Waals surface area contributed by atoms with Crippen LogP contribution in [0.25, 0.3) is 0 Å². The van der Waals surface area contributed by atoms with Gasteiger partial charge in [-0.3, -0.25) is 9.59 Å². The Kier molecular flexibility index (Phi) is 6.14. The molecule has 2 aliphatic heterocycles. The van der Waals surface area contributed by atoms with Crippen LogP contribution < -0.4 is 15.4 Å². The maximum atomic E-state index is 12.9. The molecule has 1 unspecified atom stereocenters. The number of nitrogens with one attached hydrogen (secondary N) is 2. The topological polar surface area (TPSA) is 70.7 Å². The zero-order valence-electron chi connectivity index (χ0n) is 15.7. The summed E-state index contributed by atoms with van der Waals surface area (Å²) in [6.45, 7) is 5.30. The lowest BCUT2D eigenvalue weighted by Crippen LogP contribution is -2.48. The molecule has 6 nitrogen and oxygen atoms in total. The maximum absolute atomic E-state index is 12.9. The summed E-state index contributed by atoms with van der Waals surface area (Å²) in [5.41, 5.74) is 1.17. The third kappa shape index (κ3) is 4.18. The molecule has 2 N–H and O–H groups in total. The minimum Gasteiger partial charge on any atom is -0.495 e. The SMILES string of the molecule is COc1ccc(C(=O)N2CCCCCC2)cc1NC(=O)C(C)C1CNC1. The fourth-order valence-electron chi connectivity index (χ4n) is 3.52. The number of carbonyl (C=O) groups excluding carboxylic acids is 2. The van der Waals surface area contributed by atoms with Gasteiger partial charge in [0.25, 0.3) is 5.91 Å². The Labute approximate surface area is 155 Å². The molecule has 0 spiro atoms. The minimum absolute atomic E-state index is 0.0290. The molecule has 1 aromatic carbocycles. The fraction of sp³-hybridized carbons (Fsp3) is 0.600. The highest BCUT2D eigenvalue weighted by molar-refractivity contribution is 5.99. The molecular formula is C20H29N3O3. The van der Waals surface area contributed by atoms with Gasteiger partial charge >= 0.3 is 0 Å². The Morgan fingerprint density at radius 2 is 1.88 bits per heavy atom. The molecule has 0 bridgehead atoms.